The van der Waals surface area contributed by atoms with Crippen LogP contribution in [0.15, 0.2) is 0 Å². The SMILES string of the molecule is CC(C)CC(N)C(=O)NC(CC(N)=O)C(=O)NC(CCC(N)=O)C(=O)NC(CCCCN)C(=O)O. The van der Waals surface area contributed by atoms with E-state index in [0.29, 0.717) is 25.8 Å². The molecule has 0 heterocycles. The van der Waals surface area contributed by atoms with Gasteiger partial charge in [0.15, 0.2) is 0 Å². The summed E-state index contributed by atoms with van der Waals surface area (Å²) in [6.07, 6.45) is 0.294. The number of hydrogen-bond acceptors (Lipinski definition) is 8. The van der Waals surface area contributed by atoms with E-state index in [9.17, 15) is 33.9 Å². The minimum absolute atomic E-state index is 0.0908. The van der Waals surface area contributed by atoms with Crippen LogP contribution in [0.25, 0.3) is 0 Å². The molecule has 0 radical (unpaired) electrons. The van der Waals surface area contributed by atoms with Crippen molar-refractivity contribution >= 4 is 35.5 Å². The third kappa shape index (κ3) is 13.9. The van der Waals surface area contributed by atoms with Crippen LogP contribution in [0.1, 0.15) is 58.8 Å². The molecule has 0 aromatic carbocycles. The highest BCUT2D eigenvalue weighted by atomic mass is 16.4. The van der Waals surface area contributed by atoms with Crippen molar-refractivity contribution in [2.75, 3.05) is 6.54 Å². The molecule has 14 nitrogen and oxygen atoms in total. The van der Waals surface area contributed by atoms with E-state index in [1.54, 1.807) is 0 Å². The van der Waals surface area contributed by atoms with Crippen LogP contribution in [0.5, 0.6) is 0 Å². The summed E-state index contributed by atoms with van der Waals surface area (Å²) < 4.78 is 0. The summed E-state index contributed by atoms with van der Waals surface area (Å²) in [5.74, 6) is -5.34. The van der Waals surface area contributed by atoms with Gasteiger partial charge in [-0.15, -0.1) is 0 Å². The van der Waals surface area contributed by atoms with Crippen LogP contribution < -0.4 is 38.9 Å². The number of primary amides is 2. The lowest BCUT2D eigenvalue weighted by atomic mass is 10.0. The highest BCUT2D eigenvalue weighted by molar-refractivity contribution is 5.96. The molecule has 0 aromatic heterocycles. The molecule has 12 N–H and O–H groups in total. The fourth-order valence-corrected chi connectivity index (χ4v) is 3.15. The van der Waals surface area contributed by atoms with Crippen molar-refractivity contribution in [1.29, 1.82) is 0 Å². The Labute approximate surface area is 204 Å². The molecule has 200 valence electrons. The summed E-state index contributed by atoms with van der Waals surface area (Å²) in [5, 5.41) is 16.4. The van der Waals surface area contributed by atoms with Gasteiger partial charge in [0.05, 0.1) is 12.5 Å². The van der Waals surface area contributed by atoms with E-state index in [1.807, 2.05) is 13.8 Å². The average molecular weight is 502 g/mol. The topological polar surface area (TPSA) is 263 Å². The molecule has 35 heavy (non-hydrogen) atoms. The number of carbonyl (C=O) groups is 6. The fraction of sp³-hybridized carbons (Fsp3) is 0.714. The lowest BCUT2D eigenvalue weighted by Crippen LogP contribution is -2.57. The fourth-order valence-electron chi connectivity index (χ4n) is 3.15. The summed E-state index contributed by atoms with van der Waals surface area (Å²) >= 11 is 0. The second kappa shape index (κ2) is 16.4. The monoisotopic (exact) mass is 501 g/mol. The van der Waals surface area contributed by atoms with Crippen LogP contribution in [0.2, 0.25) is 0 Å². The number of carboxylic acids is 1. The van der Waals surface area contributed by atoms with E-state index < -0.39 is 66.1 Å². The van der Waals surface area contributed by atoms with Crippen molar-refractivity contribution < 1.29 is 33.9 Å². The highest BCUT2D eigenvalue weighted by Gasteiger charge is 2.31. The largest absolute Gasteiger partial charge is 0.480 e. The smallest absolute Gasteiger partial charge is 0.326 e. The van der Waals surface area contributed by atoms with E-state index in [0.717, 1.165) is 0 Å². The standard InChI is InChI=1S/C21H39N7O7/c1-11(2)9-12(23)18(31)28-15(10-17(25)30)20(33)26-13(6-7-16(24)29)19(32)27-14(21(34)35)5-3-4-8-22/h11-15H,3-10,22-23H2,1-2H3,(H2,24,29)(H2,25,30)(H,26,33)(H,27,32)(H,28,31)(H,34,35). The van der Waals surface area contributed by atoms with Crippen LogP contribution in [-0.4, -0.2) is 71.3 Å². The number of nitrogens with one attached hydrogen (secondary N) is 3. The van der Waals surface area contributed by atoms with Crippen molar-refractivity contribution in [1.82, 2.24) is 16.0 Å². The first-order valence-corrected chi connectivity index (χ1v) is 11.4. The van der Waals surface area contributed by atoms with Gasteiger partial charge < -0.3 is 44.0 Å². The zero-order valence-corrected chi connectivity index (χ0v) is 20.2. The minimum atomic E-state index is -1.44. The van der Waals surface area contributed by atoms with Crippen LogP contribution in [-0.2, 0) is 28.8 Å². The Morgan fingerprint density at radius 3 is 1.80 bits per heavy atom. The number of rotatable bonds is 18. The number of aliphatic carboxylic acids is 1. The van der Waals surface area contributed by atoms with Gasteiger partial charge >= 0.3 is 5.97 Å². The number of carbonyl (C=O) groups excluding carboxylic acids is 5. The van der Waals surface area contributed by atoms with E-state index >= 15 is 0 Å². The second-order valence-electron chi connectivity index (χ2n) is 8.72. The third-order valence-electron chi connectivity index (χ3n) is 4.97. The summed E-state index contributed by atoms with van der Waals surface area (Å²) in [7, 11) is 0. The number of nitrogens with two attached hydrogens (primary N) is 4. The molecule has 0 saturated heterocycles. The van der Waals surface area contributed by atoms with Crippen LogP contribution >= 0.6 is 0 Å². The van der Waals surface area contributed by atoms with Crippen molar-refractivity contribution in [3.05, 3.63) is 0 Å². The maximum Gasteiger partial charge on any atom is 0.326 e. The van der Waals surface area contributed by atoms with Gasteiger partial charge in [-0.3, -0.25) is 24.0 Å². The number of unbranched alkanes of at least 4 members (excludes halogenated alkanes) is 1. The molecule has 0 bridgehead atoms. The van der Waals surface area contributed by atoms with E-state index in [2.05, 4.69) is 16.0 Å². The molecule has 0 aromatic rings. The second-order valence-corrected chi connectivity index (χ2v) is 8.72. The predicted octanol–water partition coefficient (Wildman–Crippen LogP) is -2.83. The maximum absolute atomic E-state index is 12.8. The Morgan fingerprint density at radius 2 is 1.31 bits per heavy atom. The zero-order valence-electron chi connectivity index (χ0n) is 20.2. The van der Waals surface area contributed by atoms with E-state index in [4.69, 9.17) is 22.9 Å². The lowest BCUT2D eigenvalue weighted by Gasteiger charge is -2.25. The quantitative estimate of drug-likeness (QED) is 0.0898. The molecule has 0 saturated carbocycles. The zero-order chi connectivity index (χ0) is 27.1. The van der Waals surface area contributed by atoms with Gasteiger partial charge in [0.25, 0.3) is 0 Å². The molecule has 4 atom stereocenters. The molecular formula is C21H39N7O7. The maximum atomic E-state index is 12.8. The number of hydrogen-bond donors (Lipinski definition) is 8. The van der Waals surface area contributed by atoms with Gasteiger partial charge in [-0.1, -0.05) is 13.8 Å². The van der Waals surface area contributed by atoms with Crippen molar-refractivity contribution in [3.63, 3.8) is 0 Å². The van der Waals surface area contributed by atoms with E-state index in [1.165, 1.54) is 0 Å². The molecule has 5 amide bonds. The molecule has 4 unspecified atom stereocenters. The van der Waals surface area contributed by atoms with Gasteiger partial charge in [0.1, 0.15) is 18.1 Å². The van der Waals surface area contributed by atoms with Gasteiger partial charge in [-0.05, 0) is 44.6 Å². The van der Waals surface area contributed by atoms with Gasteiger partial charge in [0.2, 0.25) is 29.5 Å². The van der Waals surface area contributed by atoms with Crippen molar-refractivity contribution in [2.45, 2.75) is 83.0 Å². The van der Waals surface area contributed by atoms with Crippen LogP contribution in [0.3, 0.4) is 0 Å². The molecule has 0 aliphatic carbocycles. The lowest BCUT2D eigenvalue weighted by molar-refractivity contribution is -0.142. The highest BCUT2D eigenvalue weighted by Crippen LogP contribution is 2.06. The van der Waals surface area contributed by atoms with E-state index in [-0.39, 0.29) is 25.2 Å². The summed E-state index contributed by atoms with van der Waals surface area (Å²) in [6.45, 7) is 4.05. The Hall–Kier alpha value is -3.26. The Morgan fingerprint density at radius 1 is 0.771 bits per heavy atom. The van der Waals surface area contributed by atoms with Crippen LogP contribution in [0.4, 0.5) is 0 Å². The molecule has 0 spiro atoms. The molecule has 0 rings (SSSR count). The summed E-state index contributed by atoms with van der Waals surface area (Å²) in [5.41, 5.74) is 21.6. The van der Waals surface area contributed by atoms with Crippen molar-refractivity contribution in [2.24, 2.45) is 28.9 Å². The number of carboxylic acid groups (broad SMARTS) is 1. The van der Waals surface area contributed by atoms with Crippen LogP contribution in [0, 0.1) is 5.92 Å². The summed E-state index contributed by atoms with van der Waals surface area (Å²) in [4.78, 5) is 72.2. The first-order chi connectivity index (χ1) is 16.3. The summed E-state index contributed by atoms with van der Waals surface area (Å²) in [6, 6.07) is -5.01. The van der Waals surface area contributed by atoms with Gasteiger partial charge in [-0.25, -0.2) is 4.79 Å². The Kier molecular flexibility index (Phi) is 14.9. The Balaban J connectivity index is 5.54. The molecular weight excluding hydrogens is 462 g/mol. The molecule has 0 fully saturated rings. The molecule has 0 aliphatic heterocycles. The van der Waals surface area contributed by atoms with Crippen molar-refractivity contribution in [3.8, 4) is 0 Å². The first kappa shape index (κ1) is 31.7. The van der Waals surface area contributed by atoms with Gasteiger partial charge in [-0.2, -0.15) is 0 Å². The minimum Gasteiger partial charge on any atom is -0.480 e. The van der Waals surface area contributed by atoms with Gasteiger partial charge in [0, 0.05) is 6.42 Å². The first-order valence-electron chi connectivity index (χ1n) is 11.4. The Bertz CT molecular complexity index is 760. The molecule has 0 aliphatic rings. The third-order valence-corrected chi connectivity index (χ3v) is 4.97. The normalized spacial score (nSPS) is 14.3. The predicted molar refractivity (Wildman–Crippen MR) is 126 cm³/mol. The average Bonchev–Trinajstić information content (AvgIpc) is 2.74. The molecule has 14 heteroatoms. The number of amides is 5.